The van der Waals surface area contributed by atoms with E-state index in [1.165, 1.54) is 0 Å². The van der Waals surface area contributed by atoms with E-state index in [0.717, 1.165) is 6.42 Å². The molecule has 0 saturated heterocycles. The maximum atomic E-state index is 8.62. The average molecular weight is 328 g/mol. The topological polar surface area (TPSA) is 133 Å². The molecule has 1 fully saturated rings. The molecule has 78 valence electrons. The van der Waals surface area contributed by atoms with Crippen molar-refractivity contribution in [2.24, 2.45) is 5.41 Å². The Morgan fingerprint density at radius 1 is 1.21 bits per heavy atom. The van der Waals surface area contributed by atoms with E-state index < -0.39 is 27.2 Å². The minimum atomic E-state index is -5.94. The van der Waals surface area contributed by atoms with E-state index in [0.29, 0.717) is 0 Å². The summed E-state index contributed by atoms with van der Waals surface area (Å²) in [5.74, 6) is 0.127. The predicted octanol–water partition coefficient (Wildman–Crippen LogP) is -10.5. The Kier molecular flexibility index (Phi) is 8.11. The Hall–Kier alpha value is 1.55. The average Bonchev–Trinajstić information content (AvgIpc) is 2.34. The molecule has 0 radical (unpaired) electrons. The first-order valence-electron chi connectivity index (χ1n) is 3.52. The molecular weight excluding hydrogens is 317 g/mol. The minimum Gasteiger partial charge on any atom is -0.427 e. The Morgan fingerprint density at radius 3 is 1.43 bits per heavy atom. The Balaban J connectivity index is 0. The summed E-state index contributed by atoms with van der Waals surface area (Å²) in [5.41, 5.74) is 0.189. The van der Waals surface area contributed by atoms with E-state index in [9.17, 15) is 0 Å². The third kappa shape index (κ3) is 10.1. The first-order chi connectivity index (χ1) is 5.54. The molecule has 1 rings (SSSR count). The molecule has 1 atom stereocenters. The molecule has 0 aliphatic heterocycles. The fraction of sp³-hybridized carbons (Fsp3) is 1.00. The molecule has 0 aromatic carbocycles. The van der Waals surface area contributed by atoms with Gasteiger partial charge in [0.1, 0.15) is 20.1 Å². The quantitative estimate of drug-likeness (QED) is 0.363. The first kappa shape index (κ1) is 17.9. The molecule has 1 unspecified atom stereocenters. The van der Waals surface area contributed by atoms with Gasteiger partial charge in [0.05, 0.1) is 0 Å². The molecule has 0 amide bonds. The van der Waals surface area contributed by atoms with Crippen LogP contribution in [-0.4, -0.2) is 17.2 Å². The zero-order valence-corrected chi connectivity index (χ0v) is 12.4. The van der Waals surface area contributed by atoms with Crippen LogP contribution in [0.25, 0.3) is 0 Å². The van der Waals surface area contributed by atoms with E-state index in [-0.39, 0.29) is 40.8 Å². The van der Waals surface area contributed by atoms with Crippen LogP contribution in [0.4, 0.5) is 0 Å². The Morgan fingerprint density at radius 2 is 1.43 bits per heavy atom. The standard InChI is InChI=1S/C5H11BO2.IO4.Na/c1-5(2)3-4(5)6(7)8;2-1(3,4)5;/h4,7-8H,3H2,1-2H3;;/q;-1;+1. The zero-order chi connectivity index (χ0) is 10.9. The number of rotatable bonds is 1. The van der Waals surface area contributed by atoms with E-state index >= 15 is 0 Å². The molecule has 1 aliphatic carbocycles. The van der Waals surface area contributed by atoms with Crippen molar-refractivity contribution in [3.63, 3.8) is 0 Å². The monoisotopic (exact) mass is 328 g/mol. The molecule has 2 N–H and O–H groups in total. The summed E-state index contributed by atoms with van der Waals surface area (Å²) in [5, 5.41) is 17.2. The third-order valence-electron chi connectivity index (χ3n) is 1.95. The van der Waals surface area contributed by atoms with E-state index in [1.54, 1.807) is 0 Å². The molecular formula is C5H11BINaO6. The number of hydrogen-bond donors (Lipinski definition) is 2. The van der Waals surface area contributed by atoms with Crippen molar-refractivity contribution < 1.29 is 73.4 Å². The van der Waals surface area contributed by atoms with E-state index in [2.05, 4.69) is 0 Å². The second kappa shape index (κ2) is 6.33. The molecule has 1 saturated carbocycles. The van der Waals surface area contributed by atoms with Gasteiger partial charge in [0.15, 0.2) is 0 Å². The maximum absolute atomic E-state index is 8.62. The fourth-order valence-corrected chi connectivity index (χ4v) is 1.02. The van der Waals surface area contributed by atoms with Crippen LogP contribution >= 0.6 is 0 Å². The van der Waals surface area contributed by atoms with Gasteiger partial charge < -0.3 is 10.0 Å². The largest absolute Gasteiger partial charge is 1.00 e. The van der Waals surface area contributed by atoms with Crippen LogP contribution in [0.15, 0.2) is 0 Å². The summed E-state index contributed by atoms with van der Waals surface area (Å²) in [6.07, 6.45) is 0.949. The molecule has 0 aromatic rings. The second-order valence-corrected chi connectivity index (χ2v) is 5.75. The second-order valence-electron chi connectivity index (χ2n) is 3.59. The summed E-state index contributed by atoms with van der Waals surface area (Å²) in [6, 6.07) is 0. The van der Waals surface area contributed by atoms with Gasteiger partial charge >= 0.3 is 36.7 Å². The molecule has 6 nitrogen and oxygen atoms in total. The zero-order valence-electron chi connectivity index (χ0n) is 8.27. The van der Waals surface area contributed by atoms with Crippen molar-refractivity contribution >= 4 is 7.12 Å². The number of halogens is 1. The summed E-state index contributed by atoms with van der Waals surface area (Å²) < 4.78 is 34.5. The van der Waals surface area contributed by atoms with Crippen LogP contribution in [0, 0.1) is 5.41 Å². The van der Waals surface area contributed by atoms with Crippen LogP contribution in [0.5, 0.6) is 0 Å². The molecule has 0 bridgehead atoms. The van der Waals surface area contributed by atoms with Gasteiger partial charge in [0.25, 0.3) is 0 Å². The van der Waals surface area contributed by atoms with Gasteiger partial charge in [0.2, 0.25) is 0 Å². The van der Waals surface area contributed by atoms with Gasteiger partial charge in [-0.25, -0.2) is 0 Å². The van der Waals surface area contributed by atoms with Crippen molar-refractivity contribution in [3.05, 3.63) is 0 Å². The molecule has 0 aromatic heterocycles. The molecule has 14 heavy (non-hydrogen) atoms. The molecule has 0 heterocycles. The van der Waals surface area contributed by atoms with Crippen molar-refractivity contribution in [2.45, 2.75) is 26.1 Å². The van der Waals surface area contributed by atoms with Crippen LogP contribution in [0.3, 0.4) is 0 Å². The molecule has 0 spiro atoms. The Bertz CT molecular complexity index is 166. The van der Waals surface area contributed by atoms with Gasteiger partial charge in [-0.05, 0) is 17.7 Å². The summed E-state index contributed by atoms with van der Waals surface area (Å²) in [6.45, 7) is 4.08. The van der Waals surface area contributed by atoms with Crippen LogP contribution in [0.1, 0.15) is 20.3 Å². The summed E-state index contributed by atoms with van der Waals surface area (Å²) in [4.78, 5) is 0. The smallest absolute Gasteiger partial charge is 0.427 e. The summed E-state index contributed by atoms with van der Waals surface area (Å²) >= 11 is -5.94. The Labute approximate surface area is 111 Å². The molecule has 1 aliphatic rings. The van der Waals surface area contributed by atoms with Crippen LogP contribution < -0.4 is 63.4 Å². The normalized spacial score (nSPS) is 22.7. The minimum absolute atomic E-state index is 0. The maximum Gasteiger partial charge on any atom is 1.00 e. The number of hydrogen-bond acceptors (Lipinski definition) is 6. The van der Waals surface area contributed by atoms with Crippen molar-refractivity contribution in [2.75, 3.05) is 0 Å². The van der Waals surface area contributed by atoms with Gasteiger partial charge in [-0.2, -0.15) is 0 Å². The van der Waals surface area contributed by atoms with Gasteiger partial charge in [-0.1, -0.05) is 13.8 Å². The van der Waals surface area contributed by atoms with Crippen LogP contribution in [-0.2, 0) is 0 Å². The van der Waals surface area contributed by atoms with E-state index in [1.807, 2.05) is 13.8 Å². The molecule has 9 heteroatoms. The van der Waals surface area contributed by atoms with Gasteiger partial charge in [0, 0.05) is 0 Å². The fourth-order valence-electron chi connectivity index (χ4n) is 1.02. The third-order valence-corrected chi connectivity index (χ3v) is 1.95. The van der Waals surface area contributed by atoms with Crippen molar-refractivity contribution in [1.82, 2.24) is 0 Å². The first-order valence-corrected chi connectivity index (χ1v) is 7.04. The van der Waals surface area contributed by atoms with Crippen molar-refractivity contribution in [1.29, 1.82) is 0 Å². The predicted molar refractivity (Wildman–Crippen MR) is 32.3 cm³/mol. The van der Waals surface area contributed by atoms with Gasteiger partial charge in [-0.15, -0.1) is 0 Å². The van der Waals surface area contributed by atoms with Crippen LogP contribution in [0.2, 0.25) is 5.82 Å². The van der Waals surface area contributed by atoms with E-state index in [4.69, 9.17) is 23.8 Å². The SMILES string of the molecule is CC1(C)CC1B(O)O.[Na+].[O-][I+3]([O-])([O-])[O-]. The van der Waals surface area contributed by atoms with Gasteiger partial charge in [-0.3, -0.25) is 13.7 Å². The van der Waals surface area contributed by atoms with Crippen molar-refractivity contribution in [3.8, 4) is 0 Å². The summed E-state index contributed by atoms with van der Waals surface area (Å²) in [7, 11) is -1.09.